The lowest BCUT2D eigenvalue weighted by Crippen LogP contribution is -2.60. The molecule has 0 saturated carbocycles. The number of carbonyl (C=O) groups is 8. The van der Waals surface area contributed by atoms with Crippen LogP contribution in [0.1, 0.15) is 119 Å². The molecule has 0 spiro atoms. The number of benzene rings is 1. The van der Waals surface area contributed by atoms with Crippen LogP contribution in [0.25, 0.3) is 0 Å². The molecular weight excluding hydrogens is 875 g/mol. The summed E-state index contributed by atoms with van der Waals surface area (Å²) in [5.74, 6) is -5.56. The van der Waals surface area contributed by atoms with Gasteiger partial charge in [0.05, 0.1) is 6.04 Å². The SMILES string of the molecule is CC(C)C[C@H](NC(=O)[C@H](CCCCNC(=O)OC(C)(C)C)NC(=O)[C@H](CC(C)C)NC(=O)[C@H](CC(C)C)NC(=O)[C@H](C)NC(=O)[C@H](Cc1ccccc1)NC(=O)[C@@H](N)Cc1cccnc1)C(=O)O. The summed E-state index contributed by atoms with van der Waals surface area (Å²) in [6.07, 6.45) is 4.13. The topological polar surface area (TPSA) is 289 Å². The van der Waals surface area contributed by atoms with Gasteiger partial charge < -0.3 is 52.8 Å². The van der Waals surface area contributed by atoms with E-state index in [9.17, 15) is 43.5 Å². The van der Waals surface area contributed by atoms with E-state index in [0.29, 0.717) is 12.8 Å². The van der Waals surface area contributed by atoms with Crippen molar-refractivity contribution in [3.63, 3.8) is 0 Å². The number of aliphatic carboxylic acids is 1. The third-order valence-corrected chi connectivity index (χ3v) is 10.4. The highest BCUT2D eigenvalue weighted by atomic mass is 16.6. The predicted molar refractivity (Wildman–Crippen MR) is 257 cm³/mol. The lowest BCUT2D eigenvalue weighted by Gasteiger charge is -2.28. The summed E-state index contributed by atoms with van der Waals surface area (Å²) in [6.45, 7) is 17.9. The van der Waals surface area contributed by atoms with Crippen molar-refractivity contribution in [1.82, 2.24) is 42.2 Å². The van der Waals surface area contributed by atoms with Gasteiger partial charge in [-0.1, -0.05) is 77.9 Å². The fraction of sp³-hybridized carbons (Fsp3) is 0.612. The number of carboxylic acid groups (broad SMARTS) is 1. The van der Waals surface area contributed by atoms with Crippen LogP contribution >= 0.6 is 0 Å². The van der Waals surface area contributed by atoms with Crippen LogP contribution < -0.4 is 43.0 Å². The standard InChI is InChI=1S/C49H77N9O10/c1-29(2)23-37(55-41(59)32(7)53-44(62)39(27-33-17-12-11-13-18-33)56-42(60)35(50)26-34-19-16-21-51-28-34)46(64)57-38(24-30(3)4)45(63)54-36(43(61)58-40(47(65)66)25-31(5)6)20-14-15-22-52-48(67)68-49(8,9)10/h11-13,16-19,21,28-32,35-40H,14-15,20,22-27,50H2,1-10H3,(H,52,67)(H,53,62)(H,54,63)(H,55,59)(H,56,60)(H,57,64)(H,58,61)(H,65,66)/t32-,35-,36-,37-,38-,39-,40-/m0/s1. The molecule has 378 valence electrons. The highest BCUT2D eigenvalue weighted by Gasteiger charge is 2.34. The number of alkyl carbamates (subject to hydrolysis) is 1. The van der Waals surface area contributed by atoms with Crippen LogP contribution in [-0.2, 0) is 51.1 Å². The van der Waals surface area contributed by atoms with Gasteiger partial charge in [-0.15, -0.1) is 0 Å². The quantitative estimate of drug-likeness (QED) is 0.0557. The van der Waals surface area contributed by atoms with E-state index in [-0.39, 0.29) is 62.8 Å². The summed E-state index contributed by atoms with van der Waals surface area (Å²) in [6, 6.07) is 4.48. The number of nitrogens with two attached hydrogens (primary N) is 1. The van der Waals surface area contributed by atoms with Gasteiger partial charge >= 0.3 is 12.1 Å². The first kappa shape index (κ1) is 58.0. The van der Waals surface area contributed by atoms with E-state index in [4.69, 9.17) is 10.5 Å². The molecule has 0 aliphatic carbocycles. The maximum Gasteiger partial charge on any atom is 0.407 e. The number of unbranched alkanes of at least 4 members (excludes halogenated alkanes) is 1. The van der Waals surface area contributed by atoms with E-state index in [1.165, 1.54) is 6.92 Å². The minimum absolute atomic E-state index is 0.0649. The zero-order valence-corrected chi connectivity index (χ0v) is 41.5. The molecule has 19 heteroatoms. The fourth-order valence-corrected chi connectivity index (χ4v) is 7.04. The predicted octanol–water partition coefficient (Wildman–Crippen LogP) is 3.04. The van der Waals surface area contributed by atoms with E-state index >= 15 is 0 Å². The summed E-state index contributed by atoms with van der Waals surface area (Å²) in [5.41, 5.74) is 7.01. The zero-order chi connectivity index (χ0) is 51.1. The lowest BCUT2D eigenvalue weighted by atomic mass is 9.99. The summed E-state index contributed by atoms with van der Waals surface area (Å²) in [5, 5.41) is 28.7. The van der Waals surface area contributed by atoms with E-state index in [0.717, 1.165) is 11.1 Å². The highest BCUT2D eigenvalue weighted by Crippen LogP contribution is 2.13. The summed E-state index contributed by atoms with van der Waals surface area (Å²) in [7, 11) is 0. The first-order valence-corrected chi connectivity index (χ1v) is 23.5. The first-order valence-electron chi connectivity index (χ1n) is 23.5. The summed E-state index contributed by atoms with van der Waals surface area (Å²) in [4.78, 5) is 111. The Balaban J connectivity index is 2.26. The van der Waals surface area contributed by atoms with E-state index < -0.39 is 95.4 Å². The van der Waals surface area contributed by atoms with Crippen molar-refractivity contribution >= 4 is 47.5 Å². The van der Waals surface area contributed by atoms with Crippen molar-refractivity contribution in [1.29, 1.82) is 0 Å². The van der Waals surface area contributed by atoms with E-state index in [1.807, 2.05) is 47.6 Å². The summed E-state index contributed by atoms with van der Waals surface area (Å²) < 4.78 is 5.27. The molecule has 0 fully saturated rings. The van der Waals surface area contributed by atoms with Crippen LogP contribution in [0.2, 0.25) is 0 Å². The Bertz CT molecular complexity index is 1940. The van der Waals surface area contributed by atoms with Gasteiger partial charge in [-0.05, 0) is 108 Å². The Hall–Kier alpha value is -6.11. The molecule has 2 aromatic rings. The molecule has 0 bridgehead atoms. The van der Waals surface area contributed by atoms with Crippen molar-refractivity contribution in [3.8, 4) is 0 Å². The van der Waals surface area contributed by atoms with Crippen molar-refractivity contribution in [2.75, 3.05) is 6.54 Å². The van der Waals surface area contributed by atoms with Crippen LogP contribution in [0.15, 0.2) is 54.9 Å². The van der Waals surface area contributed by atoms with Crippen LogP contribution in [0.5, 0.6) is 0 Å². The molecule has 0 aliphatic rings. The monoisotopic (exact) mass is 952 g/mol. The number of pyridine rings is 1. The van der Waals surface area contributed by atoms with Crippen LogP contribution in [-0.4, -0.2) is 112 Å². The molecule has 2 rings (SSSR count). The number of amides is 7. The van der Waals surface area contributed by atoms with Gasteiger partial charge in [-0.2, -0.15) is 0 Å². The highest BCUT2D eigenvalue weighted by molar-refractivity contribution is 5.97. The number of nitrogens with one attached hydrogen (secondary N) is 7. The normalized spacial score (nSPS) is 14.6. The minimum Gasteiger partial charge on any atom is -0.480 e. The third-order valence-electron chi connectivity index (χ3n) is 10.4. The number of nitrogens with zero attached hydrogens (tertiary/aromatic N) is 1. The number of rotatable bonds is 28. The van der Waals surface area contributed by atoms with E-state index in [2.05, 4.69) is 42.2 Å². The average Bonchev–Trinajstić information content (AvgIpc) is 3.24. The Morgan fingerprint density at radius 3 is 1.60 bits per heavy atom. The number of hydrogen-bond donors (Lipinski definition) is 9. The van der Waals surface area contributed by atoms with Crippen LogP contribution in [0.4, 0.5) is 4.79 Å². The van der Waals surface area contributed by atoms with Gasteiger partial charge in [0.1, 0.15) is 41.9 Å². The Morgan fingerprint density at radius 2 is 1.07 bits per heavy atom. The molecule has 7 amide bonds. The number of carbonyl (C=O) groups excluding carboxylic acids is 7. The third kappa shape index (κ3) is 23.1. The second-order valence-corrected chi connectivity index (χ2v) is 19.5. The van der Waals surface area contributed by atoms with Gasteiger partial charge in [-0.25, -0.2) is 9.59 Å². The smallest absolute Gasteiger partial charge is 0.407 e. The maximum atomic E-state index is 14.1. The molecule has 0 unspecified atom stereocenters. The molecule has 0 saturated heterocycles. The number of ether oxygens (including phenoxy) is 1. The second kappa shape index (κ2) is 28.9. The van der Waals surface area contributed by atoms with Gasteiger partial charge in [0, 0.05) is 25.4 Å². The van der Waals surface area contributed by atoms with E-state index in [1.54, 1.807) is 69.6 Å². The Morgan fingerprint density at radius 1 is 0.588 bits per heavy atom. The molecule has 68 heavy (non-hydrogen) atoms. The minimum atomic E-state index is -1.23. The molecule has 1 aromatic heterocycles. The van der Waals surface area contributed by atoms with Gasteiger partial charge in [0.25, 0.3) is 0 Å². The van der Waals surface area contributed by atoms with Crippen molar-refractivity contribution in [2.24, 2.45) is 23.5 Å². The van der Waals surface area contributed by atoms with Crippen LogP contribution in [0, 0.1) is 17.8 Å². The molecular formula is C49H77N9O10. The second-order valence-electron chi connectivity index (χ2n) is 19.5. The summed E-state index contributed by atoms with van der Waals surface area (Å²) >= 11 is 0. The fourth-order valence-electron chi connectivity index (χ4n) is 7.04. The van der Waals surface area contributed by atoms with Gasteiger partial charge in [-0.3, -0.25) is 33.8 Å². The van der Waals surface area contributed by atoms with Gasteiger partial charge in [0.15, 0.2) is 0 Å². The van der Waals surface area contributed by atoms with Crippen LogP contribution in [0.3, 0.4) is 0 Å². The van der Waals surface area contributed by atoms with Crippen molar-refractivity contribution < 1.29 is 48.2 Å². The largest absolute Gasteiger partial charge is 0.480 e. The Kier molecular flexibility index (Phi) is 24.7. The molecule has 1 aromatic carbocycles. The number of hydrogen-bond acceptors (Lipinski definition) is 11. The van der Waals surface area contributed by atoms with Crippen molar-refractivity contribution in [2.45, 2.75) is 168 Å². The molecule has 0 aliphatic heterocycles. The molecule has 19 nitrogen and oxygen atoms in total. The number of carboxylic acids is 1. The molecule has 0 radical (unpaired) electrons. The first-order chi connectivity index (χ1) is 31.8. The lowest BCUT2D eigenvalue weighted by molar-refractivity contribution is -0.143. The van der Waals surface area contributed by atoms with Gasteiger partial charge in [0.2, 0.25) is 35.4 Å². The van der Waals surface area contributed by atoms with Crippen molar-refractivity contribution in [3.05, 3.63) is 66.0 Å². The number of aromatic nitrogens is 1. The molecule has 7 atom stereocenters. The molecule has 10 N–H and O–H groups in total. The maximum absolute atomic E-state index is 14.1. The Labute approximate surface area is 401 Å². The average molecular weight is 952 g/mol. The molecule has 1 heterocycles. The zero-order valence-electron chi connectivity index (χ0n) is 41.5.